The van der Waals surface area contributed by atoms with Gasteiger partial charge in [-0.2, -0.15) is 15.2 Å². The Bertz CT molecular complexity index is 1590. The molecule has 0 aliphatic heterocycles. The van der Waals surface area contributed by atoms with Crippen molar-refractivity contribution >= 4 is 22.8 Å². The van der Waals surface area contributed by atoms with Crippen LogP contribution in [0.1, 0.15) is 43.7 Å². The number of halogens is 1. The van der Waals surface area contributed by atoms with Crippen molar-refractivity contribution in [2.75, 3.05) is 0 Å². The quantitative estimate of drug-likeness (QED) is 0.210. The van der Waals surface area contributed by atoms with E-state index in [4.69, 9.17) is 11.6 Å². The van der Waals surface area contributed by atoms with Crippen LogP contribution in [0, 0.1) is 0 Å². The Morgan fingerprint density at radius 3 is 2.54 bits per heavy atom. The molecule has 37 heavy (non-hydrogen) atoms. The summed E-state index contributed by atoms with van der Waals surface area (Å²) in [6.45, 7) is 3.53. The van der Waals surface area contributed by atoms with Crippen LogP contribution in [-0.2, 0) is 26.1 Å². The van der Waals surface area contributed by atoms with Gasteiger partial charge in [0.05, 0.1) is 18.4 Å². The lowest BCUT2D eigenvalue weighted by molar-refractivity contribution is 0.526. The van der Waals surface area contributed by atoms with Gasteiger partial charge in [-0.25, -0.2) is 14.5 Å². The molecule has 0 radical (unpaired) electrons. The maximum absolute atomic E-state index is 13.2. The summed E-state index contributed by atoms with van der Waals surface area (Å²) in [7, 11) is 0. The van der Waals surface area contributed by atoms with Crippen LogP contribution in [0.4, 0.5) is 0 Å². The van der Waals surface area contributed by atoms with Crippen molar-refractivity contribution in [3.05, 3.63) is 86.6 Å². The van der Waals surface area contributed by atoms with Crippen molar-refractivity contribution in [1.29, 1.82) is 0 Å². The summed E-state index contributed by atoms with van der Waals surface area (Å²) in [6.07, 6.45) is 11.1. The molecule has 5 aromatic rings. The van der Waals surface area contributed by atoms with Crippen LogP contribution >= 0.6 is 11.6 Å². The number of fused-ring (bicyclic) bond motifs is 1. The van der Waals surface area contributed by atoms with E-state index in [0.717, 1.165) is 36.1 Å². The smallest absolute Gasteiger partial charge is 0.323 e. The van der Waals surface area contributed by atoms with Crippen LogP contribution in [0.2, 0.25) is 5.28 Å². The lowest BCUT2D eigenvalue weighted by Gasteiger charge is -2.11. The summed E-state index contributed by atoms with van der Waals surface area (Å²) in [4.78, 5) is 37.1. The van der Waals surface area contributed by atoms with Crippen LogP contribution in [-0.4, -0.2) is 43.6 Å². The number of H-pyrrole nitrogens is 1. The molecule has 0 aliphatic rings. The minimum atomic E-state index is -0.392. The number of hydrogen-bond acceptors (Lipinski definition) is 6. The van der Waals surface area contributed by atoms with Gasteiger partial charge in [0.1, 0.15) is 12.7 Å². The van der Waals surface area contributed by atoms with Gasteiger partial charge in [0.2, 0.25) is 5.28 Å². The SMILES string of the molecule is CCCCCn1c(=O)n(CCCc2cnn(Cc3ccc(-n4cncn4)cc3)c2)c(=O)c2[nH]c(Cl)nc21. The summed E-state index contributed by atoms with van der Waals surface area (Å²) in [5.41, 5.74) is 2.95. The molecule has 12 heteroatoms. The van der Waals surface area contributed by atoms with Gasteiger partial charge in [-0.3, -0.25) is 18.6 Å². The molecular weight excluding hydrogens is 494 g/mol. The Kier molecular flexibility index (Phi) is 7.31. The zero-order chi connectivity index (χ0) is 25.8. The van der Waals surface area contributed by atoms with E-state index < -0.39 is 5.56 Å². The second kappa shape index (κ2) is 11.0. The van der Waals surface area contributed by atoms with E-state index in [1.54, 1.807) is 15.6 Å². The average Bonchev–Trinajstić information content (AvgIpc) is 3.66. The van der Waals surface area contributed by atoms with Gasteiger partial charge in [-0.05, 0) is 54.1 Å². The number of hydrogen-bond donors (Lipinski definition) is 1. The fraction of sp³-hybridized carbons (Fsp3) is 0.360. The van der Waals surface area contributed by atoms with Crippen molar-refractivity contribution in [3.63, 3.8) is 0 Å². The van der Waals surface area contributed by atoms with E-state index in [0.29, 0.717) is 38.1 Å². The minimum absolute atomic E-state index is 0.106. The van der Waals surface area contributed by atoms with Crippen LogP contribution in [0.3, 0.4) is 0 Å². The molecule has 192 valence electrons. The average molecular weight is 522 g/mol. The molecule has 0 aliphatic carbocycles. The van der Waals surface area contributed by atoms with Gasteiger partial charge in [0.25, 0.3) is 5.56 Å². The second-order valence-electron chi connectivity index (χ2n) is 8.98. The number of aromatic amines is 1. The van der Waals surface area contributed by atoms with Gasteiger partial charge < -0.3 is 4.98 Å². The summed E-state index contributed by atoms with van der Waals surface area (Å²) in [6, 6.07) is 8.05. The molecule has 11 nitrogen and oxygen atoms in total. The molecule has 4 heterocycles. The topological polar surface area (TPSA) is 121 Å². The van der Waals surface area contributed by atoms with Crippen molar-refractivity contribution < 1.29 is 0 Å². The molecule has 0 spiro atoms. The zero-order valence-electron chi connectivity index (χ0n) is 20.5. The number of nitrogens with zero attached hydrogens (tertiary/aromatic N) is 8. The molecule has 0 saturated carbocycles. The van der Waals surface area contributed by atoms with E-state index in [1.165, 1.54) is 10.9 Å². The number of unbranched alkanes of at least 4 members (excludes halogenated alkanes) is 2. The Morgan fingerprint density at radius 1 is 0.973 bits per heavy atom. The largest absolute Gasteiger partial charge is 0.332 e. The number of aryl methyl sites for hydroxylation is 2. The number of benzene rings is 1. The third-order valence-corrected chi connectivity index (χ3v) is 6.49. The number of aromatic nitrogens is 9. The lowest BCUT2D eigenvalue weighted by Crippen LogP contribution is -2.40. The lowest BCUT2D eigenvalue weighted by atomic mass is 10.2. The Hall–Kier alpha value is -3.99. The van der Waals surface area contributed by atoms with Crippen molar-refractivity contribution in [3.8, 4) is 5.69 Å². The van der Waals surface area contributed by atoms with Crippen molar-refractivity contribution in [2.24, 2.45) is 0 Å². The number of imidazole rings is 1. The normalized spacial score (nSPS) is 11.5. The van der Waals surface area contributed by atoms with E-state index in [-0.39, 0.29) is 16.5 Å². The first-order valence-electron chi connectivity index (χ1n) is 12.4. The highest BCUT2D eigenvalue weighted by Gasteiger charge is 2.16. The molecular formula is C25H28ClN9O2. The van der Waals surface area contributed by atoms with Crippen molar-refractivity contribution in [1.82, 2.24) is 43.6 Å². The Morgan fingerprint density at radius 2 is 1.78 bits per heavy atom. The van der Waals surface area contributed by atoms with Gasteiger partial charge in [-0.15, -0.1) is 0 Å². The first-order chi connectivity index (χ1) is 18.0. The Labute approximate surface area is 217 Å². The molecule has 0 fully saturated rings. The molecule has 0 saturated heterocycles. The van der Waals surface area contributed by atoms with Gasteiger partial charge in [-0.1, -0.05) is 31.9 Å². The molecule has 0 atom stereocenters. The first-order valence-corrected chi connectivity index (χ1v) is 12.8. The van der Waals surface area contributed by atoms with E-state index in [9.17, 15) is 9.59 Å². The van der Waals surface area contributed by atoms with Crippen molar-refractivity contribution in [2.45, 2.75) is 58.7 Å². The van der Waals surface area contributed by atoms with Crippen LogP contribution in [0.15, 0.2) is 58.9 Å². The predicted octanol–water partition coefficient (Wildman–Crippen LogP) is 3.19. The Balaban J connectivity index is 1.24. The fourth-order valence-electron chi connectivity index (χ4n) is 4.40. The minimum Gasteiger partial charge on any atom is -0.323 e. The highest BCUT2D eigenvalue weighted by Crippen LogP contribution is 2.12. The molecule has 0 unspecified atom stereocenters. The molecule has 0 amide bonds. The van der Waals surface area contributed by atoms with Crippen LogP contribution in [0.5, 0.6) is 0 Å². The monoisotopic (exact) mass is 521 g/mol. The van der Waals surface area contributed by atoms with E-state index >= 15 is 0 Å². The molecule has 1 aromatic carbocycles. The standard InChI is InChI=1S/C25H28ClN9O2/c1-2-3-4-11-33-22-21(30-24(26)31-22)23(36)34(25(33)37)12-5-6-19-13-28-32(15-19)14-18-7-9-20(10-8-18)35-17-27-16-29-35/h7-10,13,15-17H,2-6,11-12,14H2,1H3,(H,30,31). The maximum atomic E-state index is 13.2. The maximum Gasteiger partial charge on any atom is 0.332 e. The predicted molar refractivity (Wildman–Crippen MR) is 140 cm³/mol. The summed E-state index contributed by atoms with van der Waals surface area (Å²) < 4.78 is 6.43. The van der Waals surface area contributed by atoms with Gasteiger partial charge >= 0.3 is 5.69 Å². The highest BCUT2D eigenvalue weighted by atomic mass is 35.5. The summed E-state index contributed by atoms with van der Waals surface area (Å²) in [5, 5.41) is 8.71. The zero-order valence-corrected chi connectivity index (χ0v) is 21.3. The molecule has 1 N–H and O–H groups in total. The van der Waals surface area contributed by atoms with E-state index in [2.05, 4.69) is 32.1 Å². The number of nitrogens with one attached hydrogen (secondary N) is 1. The highest BCUT2D eigenvalue weighted by molar-refractivity contribution is 6.28. The van der Waals surface area contributed by atoms with E-state index in [1.807, 2.05) is 41.3 Å². The fourth-order valence-corrected chi connectivity index (χ4v) is 4.58. The third kappa shape index (κ3) is 5.41. The summed E-state index contributed by atoms with van der Waals surface area (Å²) >= 11 is 6.02. The molecule has 0 bridgehead atoms. The third-order valence-electron chi connectivity index (χ3n) is 6.32. The number of rotatable bonds is 11. The van der Waals surface area contributed by atoms with Gasteiger partial charge in [0.15, 0.2) is 11.2 Å². The first kappa shape index (κ1) is 24.7. The molecule has 4 aromatic heterocycles. The van der Waals surface area contributed by atoms with Crippen LogP contribution in [0.25, 0.3) is 16.9 Å². The summed E-state index contributed by atoms with van der Waals surface area (Å²) in [5.74, 6) is 0. The van der Waals surface area contributed by atoms with Gasteiger partial charge in [0, 0.05) is 19.3 Å². The molecule has 5 rings (SSSR count). The van der Waals surface area contributed by atoms with Crippen LogP contribution < -0.4 is 11.2 Å². The second-order valence-corrected chi connectivity index (χ2v) is 9.34.